The van der Waals surface area contributed by atoms with Crippen molar-refractivity contribution in [2.45, 2.75) is 50.4 Å². The van der Waals surface area contributed by atoms with Gasteiger partial charge in [0.25, 0.3) is 0 Å². The number of hydrogen-bond donors (Lipinski definition) is 1. The number of carbonyl (C=O) groups excluding carboxylic acids is 1. The molecule has 0 aromatic carbocycles. The zero-order chi connectivity index (χ0) is 13.1. The van der Waals surface area contributed by atoms with Crippen molar-refractivity contribution < 1.29 is 19.0 Å². The van der Waals surface area contributed by atoms with E-state index in [0.29, 0.717) is 13.2 Å². The van der Waals surface area contributed by atoms with E-state index >= 15 is 0 Å². The van der Waals surface area contributed by atoms with Crippen LogP contribution in [0.5, 0.6) is 0 Å². The van der Waals surface area contributed by atoms with E-state index in [-0.39, 0.29) is 24.4 Å². The quantitative estimate of drug-likeness (QED) is 0.815. The summed E-state index contributed by atoms with van der Waals surface area (Å²) < 4.78 is 17.0. The van der Waals surface area contributed by atoms with Crippen LogP contribution >= 0.6 is 0 Å². The first-order valence-electron chi connectivity index (χ1n) is 7.42. The first-order valence-corrected chi connectivity index (χ1v) is 7.42. The van der Waals surface area contributed by atoms with Crippen LogP contribution in [-0.2, 0) is 19.0 Å². The third-order valence-electron chi connectivity index (χ3n) is 4.24. The van der Waals surface area contributed by atoms with Gasteiger partial charge in [-0.2, -0.15) is 0 Å². The highest BCUT2D eigenvalue weighted by Crippen LogP contribution is 2.36. The minimum absolute atomic E-state index is 0.0144. The van der Waals surface area contributed by atoms with Crippen molar-refractivity contribution in [3.63, 3.8) is 0 Å². The Morgan fingerprint density at radius 3 is 2.47 bits per heavy atom. The molecule has 0 radical (unpaired) electrons. The fourth-order valence-corrected chi connectivity index (χ4v) is 2.81. The molecule has 108 valence electrons. The monoisotopic (exact) mass is 269 g/mol. The van der Waals surface area contributed by atoms with E-state index in [2.05, 4.69) is 5.32 Å². The topological polar surface area (TPSA) is 56.8 Å². The van der Waals surface area contributed by atoms with Gasteiger partial charge in [-0.05, 0) is 31.6 Å². The van der Waals surface area contributed by atoms with Gasteiger partial charge in [-0.3, -0.25) is 4.79 Å². The van der Waals surface area contributed by atoms with Crippen molar-refractivity contribution in [3.05, 3.63) is 0 Å². The predicted octanol–water partition coefficient (Wildman–Crippen LogP) is 1.21. The minimum atomic E-state index is -0.339. The standard InChI is InChI=1S/C14H23NO4/c16-13(15-9-11-1-2-11)10-17-12-3-5-14(6-4-12)18-7-8-19-14/h11-12H,1-10H2,(H,15,16). The lowest BCUT2D eigenvalue weighted by molar-refractivity contribution is -0.191. The molecule has 1 N–H and O–H groups in total. The maximum Gasteiger partial charge on any atom is 0.246 e. The molecule has 1 aliphatic heterocycles. The normalized spacial score (nSPS) is 26.7. The molecular weight excluding hydrogens is 246 g/mol. The number of carbonyl (C=O) groups is 1. The fraction of sp³-hybridized carbons (Fsp3) is 0.929. The highest BCUT2D eigenvalue weighted by Gasteiger charge is 2.40. The van der Waals surface area contributed by atoms with Gasteiger partial charge >= 0.3 is 0 Å². The Labute approximate surface area is 114 Å². The maximum atomic E-state index is 11.6. The van der Waals surface area contributed by atoms with E-state index in [1.165, 1.54) is 12.8 Å². The lowest BCUT2D eigenvalue weighted by Crippen LogP contribution is -2.39. The molecule has 0 atom stereocenters. The van der Waals surface area contributed by atoms with Gasteiger partial charge in [-0.1, -0.05) is 0 Å². The van der Waals surface area contributed by atoms with Crippen molar-refractivity contribution in [2.75, 3.05) is 26.4 Å². The summed E-state index contributed by atoms with van der Waals surface area (Å²) in [5, 5.41) is 2.92. The molecule has 1 amide bonds. The SMILES string of the molecule is O=C(COC1CCC2(CC1)OCCO2)NCC1CC1. The molecule has 0 aromatic rings. The van der Waals surface area contributed by atoms with Crippen LogP contribution in [0.25, 0.3) is 0 Å². The smallest absolute Gasteiger partial charge is 0.246 e. The van der Waals surface area contributed by atoms with Crippen LogP contribution in [0, 0.1) is 5.92 Å². The maximum absolute atomic E-state index is 11.6. The molecule has 0 unspecified atom stereocenters. The van der Waals surface area contributed by atoms with E-state index in [0.717, 1.165) is 38.1 Å². The molecule has 2 saturated carbocycles. The second-order valence-corrected chi connectivity index (χ2v) is 5.87. The van der Waals surface area contributed by atoms with E-state index in [1.54, 1.807) is 0 Å². The van der Waals surface area contributed by atoms with Gasteiger partial charge in [0.2, 0.25) is 5.91 Å². The fourth-order valence-electron chi connectivity index (χ4n) is 2.81. The summed E-state index contributed by atoms with van der Waals surface area (Å²) >= 11 is 0. The van der Waals surface area contributed by atoms with Crippen LogP contribution in [0.3, 0.4) is 0 Å². The second-order valence-electron chi connectivity index (χ2n) is 5.87. The van der Waals surface area contributed by atoms with Crippen LogP contribution in [0.15, 0.2) is 0 Å². The highest BCUT2D eigenvalue weighted by molar-refractivity contribution is 5.77. The van der Waals surface area contributed by atoms with Crippen LogP contribution in [-0.4, -0.2) is 44.2 Å². The number of hydrogen-bond acceptors (Lipinski definition) is 4. The second kappa shape index (κ2) is 5.77. The molecule has 5 nitrogen and oxygen atoms in total. The molecule has 19 heavy (non-hydrogen) atoms. The number of amides is 1. The van der Waals surface area contributed by atoms with Crippen molar-refractivity contribution >= 4 is 5.91 Å². The summed E-state index contributed by atoms with van der Waals surface area (Å²) in [6, 6.07) is 0. The van der Waals surface area contributed by atoms with Gasteiger partial charge in [0.1, 0.15) is 6.61 Å². The average molecular weight is 269 g/mol. The summed E-state index contributed by atoms with van der Waals surface area (Å²) in [7, 11) is 0. The third kappa shape index (κ3) is 3.68. The van der Waals surface area contributed by atoms with Crippen molar-refractivity contribution in [2.24, 2.45) is 5.92 Å². The molecule has 0 bridgehead atoms. The van der Waals surface area contributed by atoms with Gasteiger partial charge in [0.05, 0.1) is 19.3 Å². The van der Waals surface area contributed by atoms with Crippen molar-refractivity contribution in [1.82, 2.24) is 5.32 Å². The summed E-state index contributed by atoms with van der Waals surface area (Å²) in [6.07, 6.45) is 6.26. The Bertz CT molecular complexity index is 313. The van der Waals surface area contributed by atoms with Gasteiger partial charge in [0.15, 0.2) is 5.79 Å². The summed E-state index contributed by atoms with van der Waals surface area (Å²) in [5.74, 6) is 0.393. The lowest BCUT2D eigenvalue weighted by Gasteiger charge is -2.35. The Kier molecular flexibility index (Phi) is 4.05. The van der Waals surface area contributed by atoms with Gasteiger partial charge in [-0.25, -0.2) is 0 Å². The van der Waals surface area contributed by atoms with Crippen LogP contribution in [0.2, 0.25) is 0 Å². The van der Waals surface area contributed by atoms with Gasteiger partial charge in [-0.15, -0.1) is 0 Å². The summed E-state index contributed by atoms with van der Waals surface area (Å²) in [6.45, 7) is 2.41. The van der Waals surface area contributed by atoms with Crippen molar-refractivity contribution in [3.8, 4) is 0 Å². The molecule has 2 aliphatic carbocycles. The largest absolute Gasteiger partial charge is 0.368 e. The average Bonchev–Trinajstić information content (AvgIpc) is 3.16. The van der Waals surface area contributed by atoms with Crippen LogP contribution in [0.4, 0.5) is 0 Å². The first-order chi connectivity index (χ1) is 9.26. The van der Waals surface area contributed by atoms with Crippen LogP contribution < -0.4 is 5.32 Å². The van der Waals surface area contributed by atoms with E-state index in [1.807, 2.05) is 0 Å². The van der Waals surface area contributed by atoms with E-state index in [9.17, 15) is 4.79 Å². The van der Waals surface area contributed by atoms with E-state index in [4.69, 9.17) is 14.2 Å². The molecule has 3 fully saturated rings. The third-order valence-corrected chi connectivity index (χ3v) is 4.24. The Morgan fingerprint density at radius 1 is 1.16 bits per heavy atom. The first kappa shape index (κ1) is 13.3. The van der Waals surface area contributed by atoms with Gasteiger partial charge in [0, 0.05) is 19.4 Å². The Hall–Kier alpha value is -0.650. The number of nitrogens with one attached hydrogen (secondary N) is 1. The van der Waals surface area contributed by atoms with Crippen LogP contribution in [0.1, 0.15) is 38.5 Å². The van der Waals surface area contributed by atoms with Gasteiger partial charge < -0.3 is 19.5 Å². The number of rotatable bonds is 5. The Morgan fingerprint density at radius 2 is 1.84 bits per heavy atom. The molecule has 3 aliphatic rings. The molecule has 3 rings (SSSR count). The molecule has 1 heterocycles. The number of ether oxygens (including phenoxy) is 3. The molecule has 0 aromatic heterocycles. The van der Waals surface area contributed by atoms with E-state index < -0.39 is 0 Å². The zero-order valence-electron chi connectivity index (χ0n) is 11.4. The predicted molar refractivity (Wildman–Crippen MR) is 68.6 cm³/mol. The van der Waals surface area contributed by atoms with Crippen molar-refractivity contribution in [1.29, 1.82) is 0 Å². The summed E-state index contributed by atoms with van der Waals surface area (Å²) in [5.41, 5.74) is 0. The Balaban J connectivity index is 1.31. The highest BCUT2D eigenvalue weighted by atomic mass is 16.7. The molecule has 1 spiro atoms. The zero-order valence-corrected chi connectivity index (χ0v) is 11.4. The minimum Gasteiger partial charge on any atom is -0.368 e. The summed E-state index contributed by atoms with van der Waals surface area (Å²) in [4.78, 5) is 11.6. The molecule has 1 saturated heterocycles. The molecular formula is C14H23NO4. The lowest BCUT2D eigenvalue weighted by atomic mass is 9.92. The molecule has 5 heteroatoms.